The van der Waals surface area contributed by atoms with Gasteiger partial charge in [0.2, 0.25) is 11.8 Å². The number of hydrogen-bond acceptors (Lipinski definition) is 7. The van der Waals surface area contributed by atoms with E-state index in [4.69, 9.17) is 4.74 Å². The number of fused-ring (bicyclic) bond motifs is 1. The number of anilines is 2. The number of nitrogens with one attached hydrogen (secondary N) is 2. The van der Waals surface area contributed by atoms with E-state index in [0.717, 1.165) is 24.6 Å². The van der Waals surface area contributed by atoms with Crippen molar-refractivity contribution in [1.29, 1.82) is 0 Å². The Morgan fingerprint density at radius 1 is 1.18 bits per heavy atom. The monoisotopic (exact) mass is 489 g/mol. The number of carbonyl (C=O) groups is 3. The largest absolute Gasteiger partial charge is 0.462 e. The zero-order chi connectivity index (χ0) is 23.6. The van der Waals surface area contributed by atoms with Crippen LogP contribution in [0.4, 0.5) is 11.4 Å². The Labute approximate surface area is 195 Å². The Hall–Kier alpha value is -3.05. The van der Waals surface area contributed by atoms with Gasteiger partial charge >= 0.3 is 5.97 Å². The molecule has 174 valence electrons. The van der Waals surface area contributed by atoms with Crippen molar-refractivity contribution in [2.75, 3.05) is 29.7 Å². The number of nitrogens with zero attached hydrogens (tertiary/aromatic N) is 1. The number of benzene rings is 2. The van der Waals surface area contributed by atoms with Gasteiger partial charge in [0.25, 0.3) is 10.0 Å². The zero-order valence-corrected chi connectivity index (χ0v) is 19.5. The third-order valence-electron chi connectivity index (χ3n) is 5.27. The Balaban J connectivity index is 1.52. The molecule has 1 saturated heterocycles. The van der Waals surface area contributed by atoms with Crippen molar-refractivity contribution < 1.29 is 27.5 Å². The second kappa shape index (κ2) is 9.44. The van der Waals surface area contributed by atoms with E-state index < -0.39 is 27.1 Å². The molecule has 0 radical (unpaired) electrons. The van der Waals surface area contributed by atoms with Gasteiger partial charge in [0.05, 0.1) is 22.8 Å². The van der Waals surface area contributed by atoms with Gasteiger partial charge in [-0.15, -0.1) is 11.8 Å². The molecule has 2 aliphatic rings. The predicted octanol–water partition coefficient (Wildman–Crippen LogP) is 2.70. The SMILES string of the molecule is CCOC(=O)c1cccc(NS(=O)(=O)c2ccc3c(c2)NC(=O)C(C(=O)N2CCCC2)S3)c1. The summed E-state index contributed by atoms with van der Waals surface area (Å²) in [5.74, 6) is -1.24. The van der Waals surface area contributed by atoms with E-state index in [-0.39, 0.29) is 28.7 Å². The molecule has 2 heterocycles. The smallest absolute Gasteiger partial charge is 0.338 e. The molecule has 33 heavy (non-hydrogen) atoms. The van der Waals surface area contributed by atoms with Gasteiger partial charge < -0.3 is 15.0 Å². The van der Waals surface area contributed by atoms with E-state index >= 15 is 0 Å². The summed E-state index contributed by atoms with van der Waals surface area (Å²) in [6, 6.07) is 10.3. The maximum atomic E-state index is 12.9. The minimum Gasteiger partial charge on any atom is -0.462 e. The molecule has 0 aliphatic carbocycles. The summed E-state index contributed by atoms with van der Waals surface area (Å²) >= 11 is 1.12. The summed E-state index contributed by atoms with van der Waals surface area (Å²) in [6.45, 7) is 3.19. The van der Waals surface area contributed by atoms with Crippen LogP contribution < -0.4 is 10.0 Å². The average Bonchev–Trinajstić information content (AvgIpc) is 3.33. The fourth-order valence-corrected chi connectivity index (χ4v) is 5.79. The summed E-state index contributed by atoms with van der Waals surface area (Å²) in [6.07, 6.45) is 1.86. The van der Waals surface area contributed by atoms with Crippen molar-refractivity contribution in [3.8, 4) is 0 Å². The lowest BCUT2D eigenvalue weighted by Gasteiger charge is -2.27. The topological polar surface area (TPSA) is 122 Å². The van der Waals surface area contributed by atoms with Crippen LogP contribution in [0.25, 0.3) is 0 Å². The minimum atomic E-state index is -4.00. The fraction of sp³-hybridized carbons (Fsp3) is 0.318. The number of esters is 1. The normalized spacial score (nSPS) is 17.8. The first kappa shape index (κ1) is 23.1. The summed E-state index contributed by atoms with van der Waals surface area (Å²) in [5.41, 5.74) is 0.756. The molecule has 0 saturated carbocycles. The van der Waals surface area contributed by atoms with Gasteiger partial charge in [-0.1, -0.05) is 6.07 Å². The van der Waals surface area contributed by atoms with Crippen LogP contribution in [0, 0.1) is 0 Å². The van der Waals surface area contributed by atoms with Crippen LogP contribution in [-0.4, -0.2) is 56.0 Å². The van der Waals surface area contributed by atoms with Crippen LogP contribution in [-0.2, 0) is 24.3 Å². The zero-order valence-electron chi connectivity index (χ0n) is 17.9. The number of sulfonamides is 1. The quantitative estimate of drug-likeness (QED) is 0.473. The molecule has 1 atom stereocenters. The second-order valence-corrected chi connectivity index (χ2v) is 10.4. The van der Waals surface area contributed by atoms with E-state index in [0.29, 0.717) is 23.7 Å². The first-order valence-corrected chi connectivity index (χ1v) is 12.8. The Kier molecular flexibility index (Phi) is 6.61. The number of hydrogen-bond donors (Lipinski definition) is 2. The lowest BCUT2D eigenvalue weighted by Crippen LogP contribution is -2.43. The van der Waals surface area contributed by atoms with Crippen molar-refractivity contribution >= 4 is 50.9 Å². The molecule has 4 rings (SSSR count). The lowest BCUT2D eigenvalue weighted by molar-refractivity contribution is -0.133. The highest BCUT2D eigenvalue weighted by atomic mass is 32.2. The first-order chi connectivity index (χ1) is 15.8. The highest BCUT2D eigenvalue weighted by molar-refractivity contribution is 8.01. The highest BCUT2D eigenvalue weighted by Gasteiger charge is 2.37. The number of likely N-dealkylation sites (tertiary alicyclic amines) is 1. The van der Waals surface area contributed by atoms with E-state index in [1.807, 2.05) is 0 Å². The van der Waals surface area contributed by atoms with Gasteiger partial charge in [0, 0.05) is 23.7 Å². The van der Waals surface area contributed by atoms with Crippen LogP contribution in [0.5, 0.6) is 0 Å². The molecule has 0 aromatic heterocycles. The van der Waals surface area contributed by atoms with Crippen molar-refractivity contribution in [3.05, 3.63) is 48.0 Å². The van der Waals surface area contributed by atoms with Crippen LogP contribution in [0.15, 0.2) is 52.3 Å². The fourth-order valence-electron chi connectivity index (χ4n) is 3.66. The van der Waals surface area contributed by atoms with Gasteiger partial charge in [-0.25, -0.2) is 13.2 Å². The number of carbonyl (C=O) groups excluding carboxylic acids is 3. The van der Waals surface area contributed by atoms with Crippen LogP contribution in [0.3, 0.4) is 0 Å². The molecular formula is C22H23N3O6S2. The number of amides is 2. The maximum absolute atomic E-state index is 12.9. The molecule has 1 fully saturated rings. The van der Waals surface area contributed by atoms with Gasteiger partial charge in [-0.2, -0.15) is 0 Å². The second-order valence-electron chi connectivity index (χ2n) is 7.58. The Morgan fingerprint density at radius 2 is 1.94 bits per heavy atom. The third kappa shape index (κ3) is 4.98. The molecule has 2 aromatic rings. The molecule has 2 aliphatic heterocycles. The minimum absolute atomic E-state index is 0.0620. The van der Waals surface area contributed by atoms with Crippen LogP contribution in [0.2, 0.25) is 0 Å². The molecular weight excluding hydrogens is 466 g/mol. The van der Waals surface area contributed by atoms with E-state index in [9.17, 15) is 22.8 Å². The third-order valence-corrected chi connectivity index (χ3v) is 7.91. The van der Waals surface area contributed by atoms with Crippen molar-refractivity contribution in [3.63, 3.8) is 0 Å². The van der Waals surface area contributed by atoms with E-state index in [1.54, 1.807) is 24.0 Å². The maximum Gasteiger partial charge on any atom is 0.338 e. The lowest BCUT2D eigenvalue weighted by atomic mass is 10.2. The van der Waals surface area contributed by atoms with Crippen LogP contribution >= 0.6 is 11.8 Å². The van der Waals surface area contributed by atoms with Gasteiger partial charge in [0.1, 0.15) is 0 Å². The number of ether oxygens (including phenoxy) is 1. The molecule has 2 N–H and O–H groups in total. The van der Waals surface area contributed by atoms with E-state index in [1.165, 1.54) is 30.3 Å². The molecule has 9 nitrogen and oxygen atoms in total. The molecule has 1 unspecified atom stereocenters. The predicted molar refractivity (Wildman–Crippen MR) is 124 cm³/mol. The molecule has 11 heteroatoms. The summed E-state index contributed by atoms with van der Waals surface area (Å²) in [4.78, 5) is 39.4. The Bertz CT molecular complexity index is 1210. The average molecular weight is 490 g/mol. The molecule has 0 spiro atoms. The first-order valence-electron chi connectivity index (χ1n) is 10.5. The summed E-state index contributed by atoms with van der Waals surface area (Å²) in [5, 5.41) is 1.78. The number of thioether (sulfide) groups is 1. The van der Waals surface area contributed by atoms with E-state index in [2.05, 4.69) is 10.0 Å². The van der Waals surface area contributed by atoms with Crippen molar-refractivity contribution in [2.24, 2.45) is 0 Å². The number of rotatable bonds is 6. The van der Waals surface area contributed by atoms with Crippen molar-refractivity contribution in [2.45, 2.75) is 34.8 Å². The van der Waals surface area contributed by atoms with Crippen LogP contribution in [0.1, 0.15) is 30.1 Å². The summed E-state index contributed by atoms with van der Waals surface area (Å²) in [7, 11) is -4.00. The summed E-state index contributed by atoms with van der Waals surface area (Å²) < 4.78 is 33.2. The highest BCUT2D eigenvalue weighted by Crippen LogP contribution is 2.38. The van der Waals surface area contributed by atoms with Crippen molar-refractivity contribution in [1.82, 2.24) is 4.90 Å². The Morgan fingerprint density at radius 3 is 2.67 bits per heavy atom. The molecule has 0 bridgehead atoms. The molecule has 2 aromatic carbocycles. The van der Waals surface area contributed by atoms with Gasteiger partial charge in [-0.3, -0.25) is 14.3 Å². The van der Waals surface area contributed by atoms with Gasteiger partial charge in [-0.05, 0) is 56.2 Å². The molecule has 2 amide bonds. The van der Waals surface area contributed by atoms with Gasteiger partial charge in [0.15, 0.2) is 5.25 Å². The standard InChI is InChI=1S/C22H23N3O6S2/c1-2-31-22(28)14-6-5-7-15(12-14)24-33(29,30)16-8-9-18-17(13-16)23-20(26)19(32-18)21(27)25-10-3-4-11-25/h5-9,12-13,19,24H,2-4,10-11H2,1H3,(H,23,26).